The third kappa shape index (κ3) is 4.62. The summed E-state index contributed by atoms with van der Waals surface area (Å²) in [5.74, 6) is -1.89. The van der Waals surface area contributed by atoms with Gasteiger partial charge in [0.25, 0.3) is 11.2 Å². The van der Waals surface area contributed by atoms with Crippen molar-refractivity contribution in [1.29, 1.82) is 0 Å². The molecule has 0 fully saturated rings. The minimum absolute atomic E-state index is 0.0730. The monoisotopic (exact) mass is 473 g/mol. The van der Waals surface area contributed by atoms with Crippen molar-refractivity contribution in [3.63, 3.8) is 0 Å². The largest absolute Gasteiger partial charge is 0.497 e. The number of ether oxygens (including phenoxy) is 2. The Morgan fingerprint density at radius 2 is 1.40 bits per heavy atom. The van der Waals surface area contributed by atoms with E-state index in [1.807, 2.05) is 0 Å². The van der Waals surface area contributed by atoms with Crippen LogP contribution in [0.5, 0.6) is 11.5 Å². The van der Waals surface area contributed by atoms with Crippen LogP contribution in [0.3, 0.4) is 0 Å². The summed E-state index contributed by atoms with van der Waals surface area (Å²) in [5, 5.41) is 11.2. The number of Topliss-reactive ketones (excluding diaryl/α,β-unsaturated/α-hetero) is 2. The van der Waals surface area contributed by atoms with Gasteiger partial charge in [-0.1, -0.05) is 0 Å². The van der Waals surface area contributed by atoms with Gasteiger partial charge >= 0.3 is 0 Å². The molecule has 1 heterocycles. The number of carbonyl (C=O) groups excluding carboxylic acids is 2. The highest BCUT2D eigenvalue weighted by molar-refractivity contribution is 6.20. The Bertz CT molecular complexity index is 1430. The third-order valence-corrected chi connectivity index (χ3v) is 5.46. The number of nitrogens with zero attached hydrogens (tertiary/aromatic N) is 2. The number of non-ortho nitro benzene ring substituents is 1. The molecular formula is C25H19N3O7. The lowest BCUT2D eigenvalue weighted by atomic mass is 9.87. The molecule has 3 aromatic carbocycles. The predicted molar refractivity (Wildman–Crippen MR) is 126 cm³/mol. The summed E-state index contributed by atoms with van der Waals surface area (Å²) in [6.07, 6.45) is 0. The molecule has 4 aromatic rings. The van der Waals surface area contributed by atoms with Crippen molar-refractivity contribution in [1.82, 2.24) is 9.97 Å². The SMILES string of the molecule is COc1ccc(C(=O)C(C(=O)c2ccc(OC)cc2)c2nc3cc([N+](=O)[O-])ccc3[nH]c2=O)cc1. The maximum Gasteiger partial charge on any atom is 0.271 e. The molecule has 1 N–H and O–H groups in total. The summed E-state index contributed by atoms with van der Waals surface area (Å²) in [5.41, 5.74) is -0.723. The summed E-state index contributed by atoms with van der Waals surface area (Å²) in [7, 11) is 2.95. The van der Waals surface area contributed by atoms with Crippen molar-refractivity contribution < 1.29 is 24.0 Å². The van der Waals surface area contributed by atoms with Gasteiger partial charge in [-0.2, -0.15) is 0 Å². The summed E-state index contributed by atoms with van der Waals surface area (Å²) < 4.78 is 10.2. The third-order valence-electron chi connectivity index (χ3n) is 5.46. The molecule has 0 aliphatic carbocycles. The number of nitro benzene ring substituents is 1. The van der Waals surface area contributed by atoms with Gasteiger partial charge in [0, 0.05) is 23.3 Å². The fourth-order valence-corrected chi connectivity index (χ4v) is 3.61. The highest BCUT2D eigenvalue weighted by Gasteiger charge is 2.34. The summed E-state index contributed by atoms with van der Waals surface area (Å²) in [6, 6.07) is 15.9. The van der Waals surface area contributed by atoms with Crippen LogP contribution in [0.4, 0.5) is 5.69 Å². The lowest BCUT2D eigenvalue weighted by Crippen LogP contribution is -2.30. The first-order chi connectivity index (χ1) is 16.8. The number of aromatic amines is 1. The van der Waals surface area contributed by atoms with E-state index in [-0.39, 0.29) is 33.5 Å². The van der Waals surface area contributed by atoms with E-state index in [9.17, 15) is 24.5 Å². The lowest BCUT2D eigenvalue weighted by molar-refractivity contribution is -0.384. The number of rotatable bonds is 8. The summed E-state index contributed by atoms with van der Waals surface area (Å²) in [6.45, 7) is 0. The van der Waals surface area contributed by atoms with E-state index in [0.717, 1.165) is 0 Å². The van der Waals surface area contributed by atoms with Crippen molar-refractivity contribution in [3.05, 3.63) is 104 Å². The number of H-pyrrole nitrogens is 1. The van der Waals surface area contributed by atoms with Gasteiger partial charge < -0.3 is 14.5 Å². The van der Waals surface area contributed by atoms with Gasteiger partial charge in [-0.25, -0.2) is 4.98 Å². The van der Waals surface area contributed by atoms with Gasteiger partial charge in [-0.15, -0.1) is 0 Å². The normalized spacial score (nSPS) is 10.8. The molecule has 0 amide bonds. The molecule has 0 aliphatic rings. The molecule has 1 aromatic heterocycles. The van der Waals surface area contributed by atoms with Crippen molar-refractivity contribution in [2.24, 2.45) is 0 Å². The fourth-order valence-electron chi connectivity index (χ4n) is 3.61. The Balaban J connectivity index is 1.88. The van der Waals surface area contributed by atoms with Gasteiger partial charge in [0.05, 0.1) is 30.2 Å². The highest BCUT2D eigenvalue weighted by Crippen LogP contribution is 2.26. The second-order valence-electron chi connectivity index (χ2n) is 7.53. The highest BCUT2D eigenvalue weighted by atomic mass is 16.6. The molecule has 0 unspecified atom stereocenters. The molecule has 176 valence electrons. The molecule has 0 radical (unpaired) electrons. The quantitative estimate of drug-likeness (QED) is 0.177. The number of ketones is 2. The second-order valence-corrected chi connectivity index (χ2v) is 7.53. The van der Waals surface area contributed by atoms with Crippen LogP contribution in [-0.4, -0.2) is 40.7 Å². The van der Waals surface area contributed by atoms with E-state index in [1.165, 1.54) is 56.7 Å². The molecule has 0 spiro atoms. The zero-order valence-corrected chi connectivity index (χ0v) is 18.7. The number of nitrogens with one attached hydrogen (secondary N) is 1. The van der Waals surface area contributed by atoms with Crippen molar-refractivity contribution >= 4 is 28.3 Å². The van der Waals surface area contributed by atoms with Crippen LogP contribution in [0.1, 0.15) is 32.3 Å². The standard InChI is InChI=1S/C25H19N3O7/c1-34-17-8-3-14(4-9-17)23(29)21(24(30)15-5-10-18(35-2)11-6-15)22-25(31)27-19-12-7-16(28(32)33)13-20(19)26-22/h3-13,21H,1-2H3,(H,27,31). The fraction of sp³-hybridized carbons (Fsp3) is 0.120. The molecule has 10 heteroatoms. The number of carbonyl (C=O) groups is 2. The van der Waals surface area contributed by atoms with Gasteiger partial charge in [0.2, 0.25) is 0 Å². The van der Waals surface area contributed by atoms with Gasteiger partial charge in [-0.3, -0.25) is 24.5 Å². The number of fused-ring (bicyclic) bond motifs is 1. The number of nitro groups is 1. The molecule has 0 saturated carbocycles. The minimum Gasteiger partial charge on any atom is -0.497 e. The Hall–Kier alpha value is -4.86. The summed E-state index contributed by atoms with van der Waals surface area (Å²) >= 11 is 0. The maximum absolute atomic E-state index is 13.6. The second kappa shape index (κ2) is 9.56. The molecule has 10 nitrogen and oxygen atoms in total. The molecule has 4 rings (SSSR count). The maximum atomic E-state index is 13.6. The Morgan fingerprint density at radius 3 is 1.86 bits per heavy atom. The van der Waals surface area contributed by atoms with E-state index in [4.69, 9.17) is 9.47 Å². The average molecular weight is 473 g/mol. The van der Waals surface area contributed by atoms with Gasteiger partial charge in [0.1, 0.15) is 23.1 Å². The van der Waals surface area contributed by atoms with E-state index >= 15 is 0 Å². The molecule has 35 heavy (non-hydrogen) atoms. The van der Waals surface area contributed by atoms with Crippen LogP contribution >= 0.6 is 0 Å². The van der Waals surface area contributed by atoms with Crippen LogP contribution in [0, 0.1) is 10.1 Å². The van der Waals surface area contributed by atoms with Crippen LogP contribution in [0.15, 0.2) is 71.5 Å². The van der Waals surface area contributed by atoms with E-state index in [2.05, 4.69) is 9.97 Å². The molecule has 0 saturated heterocycles. The first kappa shape index (κ1) is 23.3. The van der Waals surface area contributed by atoms with Crippen LogP contribution in [0.2, 0.25) is 0 Å². The predicted octanol–water partition coefficient (Wildman–Crippen LogP) is 3.70. The first-order valence-electron chi connectivity index (χ1n) is 10.4. The Morgan fingerprint density at radius 1 is 0.886 bits per heavy atom. The number of aromatic nitrogens is 2. The van der Waals surface area contributed by atoms with Crippen molar-refractivity contribution in [2.75, 3.05) is 14.2 Å². The minimum atomic E-state index is -1.59. The number of methoxy groups -OCH3 is 2. The van der Waals surface area contributed by atoms with Crippen LogP contribution in [0.25, 0.3) is 11.0 Å². The number of hydrogen-bond acceptors (Lipinski definition) is 8. The zero-order valence-electron chi connectivity index (χ0n) is 18.7. The number of hydrogen-bond donors (Lipinski definition) is 1. The number of benzene rings is 3. The lowest BCUT2D eigenvalue weighted by Gasteiger charge is -2.15. The Labute approximate surface area is 198 Å². The van der Waals surface area contributed by atoms with Crippen LogP contribution in [-0.2, 0) is 0 Å². The van der Waals surface area contributed by atoms with E-state index < -0.39 is 28.0 Å². The summed E-state index contributed by atoms with van der Waals surface area (Å²) in [4.78, 5) is 57.5. The van der Waals surface area contributed by atoms with Crippen molar-refractivity contribution in [2.45, 2.75) is 5.92 Å². The molecular weight excluding hydrogens is 454 g/mol. The van der Waals surface area contributed by atoms with E-state index in [1.54, 1.807) is 24.3 Å². The Kier molecular flexibility index (Phi) is 6.36. The van der Waals surface area contributed by atoms with Crippen molar-refractivity contribution in [3.8, 4) is 11.5 Å². The average Bonchev–Trinajstić information content (AvgIpc) is 2.88. The smallest absolute Gasteiger partial charge is 0.271 e. The van der Waals surface area contributed by atoms with Crippen LogP contribution < -0.4 is 15.0 Å². The zero-order chi connectivity index (χ0) is 25.1. The van der Waals surface area contributed by atoms with Gasteiger partial charge in [0.15, 0.2) is 11.6 Å². The molecule has 0 aliphatic heterocycles. The topological polar surface area (TPSA) is 141 Å². The first-order valence-corrected chi connectivity index (χ1v) is 10.4. The van der Waals surface area contributed by atoms with E-state index in [0.29, 0.717) is 11.5 Å². The van der Waals surface area contributed by atoms with Gasteiger partial charge in [-0.05, 0) is 54.6 Å². The molecule has 0 bridgehead atoms. The molecule has 0 atom stereocenters.